The van der Waals surface area contributed by atoms with Gasteiger partial charge in [0.25, 0.3) is 0 Å². The first-order chi connectivity index (χ1) is 7.45. The Morgan fingerprint density at radius 2 is 1.87 bits per heavy atom. The molecule has 0 saturated carbocycles. The molecule has 3 aromatic rings. The topological polar surface area (TPSA) is 30.7 Å². The van der Waals surface area contributed by atoms with Gasteiger partial charge in [0.1, 0.15) is 6.33 Å². The van der Waals surface area contributed by atoms with Gasteiger partial charge >= 0.3 is 0 Å². The van der Waals surface area contributed by atoms with Crippen LogP contribution in [-0.4, -0.2) is 14.5 Å². The molecule has 2 heterocycles. The van der Waals surface area contributed by atoms with Crippen LogP contribution in [0.15, 0.2) is 55.1 Å². The number of nitrogens with zero attached hydrogens (tertiary/aromatic N) is 3. The van der Waals surface area contributed by atoms with Crippen molar-refractivity contribution in [2.75, 3.05) is 0 Å². The van der Waals surface area contributed by atoms with Crippen molar-refractivity contribution in [1.82, 2.24) is 14.5 Å². The van der Waals surface area contributed by atoms with E-state index >= 15 is 0 Å². The molecule has 0 radical (unpaired) electrons. The summed E-state index contributed by atoms with van der Waals surface area (Å²) >= 11 is 0. The lowest BCUT2D eigenvalue weighted by atomic mass is 10.3. The smallest absolute Gasteiger partial charge is 0.100 e. The first-order valence-electron chi connectivity index (χ1n) is 4.77. The Hall–Kier alpha value is -2.16. The molecule has 0 aliphatic heterocycles. The van der Waals surface area contributed by atoms with Crippen LogP contribution in [0.1, 0.15) is 0 Å². The molecule has 15 heavy (non-hydrogen) atoms. The van der Waals surface area contributed by atoms with E-state index in [1.54, 1.807) is 6.20 Å². The van der Waals surface area contributed by atoms with Crippen LogP contribution in [-0.2, 0) is 0 Å². The lowest BCUT2D eigenvalue weighted by Crippen LogP contribution is -1.90. The number of hydrogen-bond donors (Lipinski definition) is 0. The summed E-state index contributed by atoms with van der Waals surface area (Å²) in [6.45, 7) is 0. The van der Waals surface area contributed by atoms with Gasteiger partial charge in [-0.1, -0.05) is 18.2 Å². The Morgan fingerprint density at radius 1 is 1.00 bits per heavy atom. The van der Waals surface area contributed by atoms with Crippen molar-refractivity contribution in [3.63, 3.8) is 0 Å². The molecule has 3 heteroatoms. The molecule has 2 aromatic heterocycles. The van der Waals surface area contributed by atoms with Crippen molar-refractivity contribution >= 4 is 11.0 Å². The summed E-state index contributed by atoms with van der Waals surface area (Å²) in [4.78, 5) is 8.43. The van der Waals surface area contributed by atoms with Gasteiger partial charge in [-0.2, -0.15) is 0 Å². The fourth-order valence-electron chi connectivity index (χ4n) is 1.65. The van der Waals surface area contributed by atoms with Gasteiger partial charge in [0.05, 0.1) is 17.2 Å². The highest BCUT2D eigenvalue weighted by atomic mass is 15.1. The molecule has 0 spiro atoms. The third-order valence-electron chi connectivity index (χ3n) is 2.38. The Balaban J connectivity index is 2.28. The van der Waals surface area contributed by atoms with Crippen molar-refractivity contribution < 1.29 is 0 Å². The molecule has 0 N–H and O–H groups in total. The fourth-order valence-corrected chi connectivity index (χ4v) is 1.65. The minimum Gasteiger partial charge on any atom is -0.297 e. The monoisotopic (exact) mass is 195 g/mol. The fraction of sp³-hybridized carbons (Fsp3) is 0. The molecule has 72 valence electrons. The van der Waals surface area contributed by atoms with E-state index in [2.05, 4.69) is 9.97 Å². The van der Waals surface area contributed by atoms with Crippen LogP contribution >= 0.6 is 0 Å². The molecule has 0 bridgehead atoms. The summed E-state index contributed by atoms with van der Waals surface area (Å²) in [6, 6.07) is 12.0. The van der Waals surface area contributed by atoms with Crippen molar-refractivity contribution in [2.45, 2.75) is 0 Å². The van der Waals surface area contributed by atoms with Crippen LogP contribution in [0.4, 0.5) is 0 Å². The number of hydrogen-bond acceptors (Lipinski definition) is 2. The molecule has 0 amide bonds. The van der Waals surface area contributed by atoms with Gasteiger partial charge in [0, 0.05) is 11.9 Å². The molecule has 0 fully saturated rings. The summed E-state index contributed by atoms with van der Waals surface area (Å²) < 4.78 is 2.03. The minimum absolute atomic E-state index is 0.967. The van der Waals surface area contributed by atoms with Crippen molar-refractivity contribution in [1.29, 1.82) is 0 Å². The molecular weight excluding hydrogens is 186 g/mol. The van der Waals surface area contributed by atoms with E-state index in [0.717, 1.165) is 16.7 Å². The summed E-state index contributed by atoms with van der Waals surface area (Å²) in [5.74, 6) is 0. The second-order valence-corrected chi connectivity index (χ2v) is 3.31. The second-order valence-electron chi connectivity index (χ2n) is 3.31. The van der Waals surface area contributed by atoms with E-state index in [-0.39, 0.29) is 0 Å². The third-order valence-corrected chi connectivity index (χ3v) is 2.38. The quantitative estimate of drug-likeness (QED) is 0.597. The van der Waals surface area contributed by atoms with Crippen LogP contribution in [0.25, 0.3) is 16.7 Å². The molecule has 1 aromatic carbocycles. The highest BCUT2D eigenvalue weighted by molar-refractivity contribution is 5.75. The molecule has 0 aliphatic rings. The SMILES string of the molecule is c1ccc(-n2cnc3ccncc32)cc1. The van der Waals surface area contributed by atoms with Gasteiger partial charge in [-0.05, 0) is 18.2 Å². The molecule has 0 saturated heterocycles. The summed E-state index contributed by atoms with van der Waals surface area (Å²) in [6.07, 6.45) is 5.40. The second kappa shape index (κ2) is 3.20. The number of benzene rings is 1. The highest BCUT2D eigenvalue weighted by Crippen LogP contribution is 2.15. The number of aromatic nitrogens is 3. The average molecular weight is 195 g/mol. The normalized spacial score (nSPS) is 10.7. The zero-order valence-corrected chi connectivity index (χ0v) is 8.04. The summed E-state index contributed by atoms with van der Waals surface area (Å²) in [5.41, 5.74) is 3.10. The van der Waals surface area contributed by atoms with Crippen molar-refractivity contribution in [2.24, 2.45) is 0 Å². The first kappa shape index (κ1) is 8.17. The zero-order chi connectivity index (χ0) is 10.1. The van der Waals surface area contributed by atoms with Crippen LogP contribution in [0, 0.1) is 0 Å². The zero-order valence-electron chi connectivity index (χ0n) is 8.04. The Kier molecular flexibility index (Phi) is 1.75. The van der Waals surface area contributed by atoms with Crippen molar-refractivity contribution in [3.8, 4) is 5.69 Å². The van der Waals surface area contributed by atoms with E-state index in [1.807, 2.05) is 53.5 Å². The Labute approximate surface area is 87.0 Å². The number of imidazole rings is 1. The van der Waals surface area contributed by atoms with Gasteiger partial charge in [0.2, 0.25) is 0 Å². The lowest BCUT2D eigenvalue weighted by Gasteiger charge is -2.02. The van der Waals surface area contributed by atoms with Crippen LogP contribution < -0.4 is 0 Å². The number of para-hydroxylation sites is 1. The molecule has 3 rings (SSSR count). The largest absolute Gasteiger partial charge is 0.297 e. The maximum absolute atomic E-state index is 4.32. The molecule has 0 unspecified atom stereocenters. The minimum atomic E-state index is 0.967. The van der Waals surface area contributed by atoms with Crippen molar-refractivity contribution in [3.05, 3.63) is 55.1 Å². The average Bonchev–Trinajstić information content (AvgIpc) is 2.74. The number of fused-ring (bicyclic) bond motifs is 1. The van der Waals surface area contributed by atoms with Gasteiger partial charge in [0.15, 0.2) is 0 Å². The van der Waals surface area contributed by atoms with E-state index in [9.17, 15) is 0 Å². The van der Waals surface area contributed by atoms with Crippen LogP contribution in [0.5, 0.6) is 0 Å². The Bertz CT molecular complexity index is 584. The summed E-state index contributed by atoms with van der Waals surface area (Å²) in [7, 11) is 0. The van der Waals surface area contributed by atoms with Crippen LogP contribution in [0.3, 0.4) is 0 Å². The Morgan fingerprint density at radius 3 is 2.73 bits per heavy atom. The predicted octanol–water partition coefficient (Wildman–Crippen LogP) is 2.42. The van der Waals surface area contributed by atoms with Gasteiger partial charge in [-0.15, -0.1) is 0 Å². The molecule has 3 nitrogen and oxygen atoms in total. The number of rotatable bonds is 1. The first-order valence-corrected chi connectivity index (χ1v) is 4.77. The van der Waals surface area contributed by atoms with Crippen LogP contribution in [0.2, 0.25) is 0 Å². The molecular formula is C12H9N3. The maximum Gasteiger partial charge on any atom is 0.100 e. The molecule has 0 atom stereocenters. The standard InChI is InChI=1S/C12H9N3/c1-2-4-10(5-3-1)15-9-14-11-6-7-13-8-12(11)15/h1-9H. The number of pyridine rings is 1. The predicted molar refractivity (Wildman–Crippen MR) is 58.9 cm³/mol. The van der Waals surface area contributed by atoms with E-state index in [4.69, 9.17) is 0 Å². The van der Waals surface area contributed by atoms with E-state index in [1.165, 1.54) is 0 Å². The maximum atomic E-state index is 4.32. The van der Waals surface area contributed by atoms with Gasteiger partial charge in [-0.25, -0.2) is 4.98 Å². The van der Waals surface area contributed by atoms with Gasteiger partial charge < -0.3 is 0 Å². The third kappa shape index (κ3) is 1.29. The highest BCUT2D eigenvalue weighted by Gasteiger charge is 2.02. The summed E-state index contributed by atoms with van der Waals surface area (Å²) in [5, 5.41) is 0. The lowest BCUT2D eigenvalue weighted by molar-refractivity contribution is 1.09. The molecule has 0 aliphatic carbocycles. The van der Waals surface area contributed by atoms with E-state index in [0.29, 0.717) is 0 Å². The van der Waals surface area contributed by atoms with E-state index < -0.39 is 0 Å². The van der Waals surface area contributed by atoms with Gasteiger partial charge in [-0.3, -0.25) is 9.55 Å².